The van der Waals surface area contributed by atoms with Crippen LogP contribution < -0.4 is 5.32 Å². The van der Waals surface area contributed by atoms with E-state index in [1.54, 1.807) is 11.8 Å². The Kier molecular flexibility index (Phi) is 3.93. The summed E-state index contributed by atoms with van der Waals surface area (Å²) in [6.45, 7) is 0.414. The molecule has 0 bridgehead atoms. The van der Waals surface area contributed by atoms with Crippen LogP contribution in [-0.2, 0) is 18.4 Å². The first-order valence-electron chi connectivity index (χ1n) is 5.38. The maximum atomic E-state index is 5.13. The topological polar surface area (TPSA) is 64.9 Å². The number of hydrogen-bond acceptors (Lipinski definition) is 5. The van der Waals surface area contributed by atoms with Gasteiger partial charge in [-0.1, -0.05) is 0 Å². The number of ether oxygens (including phenoxy) is 1. The van der Waals surface area contributed by atoms with Gasteiger partial charge >= 0.3 is 0 Å². The van der Waals surface area contributed by atoms with Crippen LogP contribution in [0.1, 0.15) is 5.69 Å². The third-order valence-electron chi connectivity index (χ3n) is 2.38. The van der Waals surface area contributed by atoms with Crippen LogP contribution >= 0.6 is 15.9 Å². The van der Waals surface area contributed by atoms with Crippen LogP contribution in [0.15, 0.2) is 16.7 Å². The summed E-state index contributed by atoms with van der Waals surface area (Å²) in [6.07, 6.45) is 1.86. The van der Waals surface area contributed by atoms with E-state index in [9.17, 15) is 0 Å². The van der Waals surface area contributed by atoms with Gasteiger partial charge in [0, 0.05) is 27.4 Å². The lowest BCUT2D eigenvalue weighted by Crippen LogP contribution is -2.04. The first-order valence-corrected chi connectivity index (χ1v) is 6.18. The van der Waals surface area contributed by atoms with Crippen LogP contribution in [-0.4, -0.2) is 33.9 Å². The standard InChI is InChI=1S/C11H14BrN5O/c1-13-11-9(12)8(6-18-3)14-10(15-11)7-4-5-17(2)16-7/h4-5H,6H2,1-3H3,(H,13,14,15). The molecule has 2 rings (SSSR count). The van der Waals surface area contributed by atoms with Gasteiger partial charge in [-0.25, -0.2) is 9.97 Å². The highest BCUT2D eigenvalue weighted by atomic mass is 79.9. The monoisotopic (exact) mass is 311 g/mol. The van der Waals surface area contributed by atoms with Gasteiger partial charge in [0.15, 0.2) is 5.82 Å². The molecule has 2 aromatic rings. The fourth-order valence-corrected chi connectivity index (χ4v) is 2.03. The molecule has 0 aliphatic carbocycles. The molecule has 18 heavy (non-hydrogen) atoms. The molecule has 7 heteroatoms. The van der Waals surface area contributed by atoms with E-state index in [-0.39, 0.29) is 0 Å². The lowest BCUT2D eigenvalue weighted by atomic mass is 10.3. The van der Waals surface area contributed by atoms with Crippen molar-refractivity contribution in [2.45, 2.75) is 6.61 Å². The summed E-state index contributed by atoms with van der Waals surface area (Å²) in [7, 11) is 5.30. The lowest BCUT2D eigenvalue weighted by molar-refractivity contribution is 0.181. The van der Waals surface area contributed by atoms with E-state index in [1.807, 2.05) is 26.4 Å². The zero-order valence-electron chi connectivity index (χ0n) is 10.4. The molecule has 0 saturated carbocycles. The molecule has 0 amide bonds. The van der Waals surface area contributed by atoms with Crippen molar-refractivity contribution in [2.75, 3.05) is 19.5 Å². The number of methoxy groups -OCH3 is 1. The molecule has 2 aromatic heterocycles. The average Bonchev–Trinajstić information content (AvgIpc) is 2.79. The van der Waals surface area contributed by atoms with E-state index >= 15 is 0 Å². The normalized spacial score (nSPS) is 10.7. The van der Waals surface area contributed by atoms with E-state index in [1.165, 1.54) is 0 Å². The number of aryl methyl sites for hydroxylation is 1. The summed E-state index contributed by atoms with van der Waals surface area (Å²) < 4.78 is 7.66. The highest BCUT2D eigenvalue weighted by molar-refractivity contribution is 9.10. The van der Waals surface area contributed by atoms with Crippen LogP contribution in [0.5, 0.6) is 0 Å². The van der Waals surface area contributed by atoms with Gasteiger partial charge < -0.3 is 10.1 Å². The van der Waals surface area contributed by atoms with E-state index in [4.69, 9.17) is 4.74 Å². The third kappa shape index (κ3) is 2.51. The highest BCUT2D eigenvalue weighted by Gasteiger charge is 2.13. The molecule has 0 saturated heterocycles. The minimum atomic E-state index is 0.414. The van der Waals surface area contributed by atoms with E-state index in [0.717, 1.165) is 21.7 Å². The van der Waals surface area contributed by atoms with Crippen molar-refractivity contribution in [1.82, 2.24) is 19.7 Å². The Morgan fingerprint density at radius 1 is 1.44 bits per heavy atom. The molecule has 6 nitrogen and oxygen atoms in total. The minimum Gasteiger partial charge on any atom is -0.378 e. The summed E-state index contributed by atoms with van der Waals surface area (Å²) in [5, 5.41) is 7.32. The quantitative estimate of drug-likeness (QED) is 0.933. The average molecular weight is 312 g/mol. The Morgan fingerprint density at radius 2 is 2.22 bits per heavy atom. The molecule has 0 fully saturated rings. The number of hydrogen-bond donors (Lipinski definition) is 1. The first-order chi connectivity index (χ1) is 8.65. The van der Waals surface area contributed by atoms with Gasteiger partial charge in [-0.2, -0.15) is 5.10 Å². The SMILES string of the molecule is CNc1nc(-c2ccn(C)n2)nc(COC)c1Br. The van der Waals surface area contributed by atoms with Crippen molar-refractivity contribution in [1.29, 1.82) is 0 Å². The molecular weight excluding hydrogens is 298 g/mol. The van der Waals surface area contributed by atoms with Gasteiger partial charge in [0.2, 0.25) is 0 Å². The highest BCUT2D eigenvalue weighted by Crippen LogP contribution is 2.26. The Labute approximate surface area is 114 Å². The Hall–Kier alpha value is -1.47. The van der Waals surface area contributed by atoms with Crippen molar-refractivity contribution < 1.29 is 4.74 Å². The maximum Gasteiger partial charge on any atom is 0.182 e. The second-order valence-electron chi connectivity index (χ2n) is 3.71. The first kappa shape index (κ1) is 13.0. The van der Waals surface area contributed by atoms with Crippen molar-refractivity contribution in [2.24, 2.45) is 7.05 Å². The summed E-state index contributed by atoms with van der Waals surface area (Å²) >= 11 is 3.46. The molecular formula is C11H14BrN5O. The number of nitrogens with one attached hydrogen (secondary N) is 1. The number of rotatable bonds is 4. The smallest absolute Gasteiger partial charge is 0.182 e. The van der Waals surface area contributed by atoms with Crippen molar-refractivity contribution in [3.8, 4) is 11.5 Å². The summed E-state index contributed by atoms with van der Waals surface area (Å²) in [4.78, 5) is 8.87. The van der Waals surface area contributed by atoms with Crippen LogP contribution in [0.25, 0.3) is 11.5 Å². The summed E-state index contributed by atoms with van der Waals surface area (Å²) in [5.74, 6) is 1.30. The lowest BCUT2D eigenvalue weighted by Gasteiger charge is -2.09. The molecule has 0 unspecified atom stereocenters. The molecule has 0 atom stereocenters. The van der Waals surface area contributed by atoms with Gasteiger partial charge in [-0.05, 0) is 22.0 Å². The van der Waals surface area contributed by atoms with E-state index < -0.39 is 0 Å². The zero-order chi connectivity index (χ0) is 13.1. The van der Waals surface area contributed by atoms with Crippen LogP contribution in [0.4, 0.5) is 5.82 Å². The fourth-order valence-electron chi connectivity index (χ4n) is 1.54. The minimum absolute atomic E-state index is 0.414. The summed E-state index contributed by atoms with van der Waals surface area (Å²) in [6, 6.07) is 1.87. The summed E-state index contributed by atoms with van der Waals surface area (Å²) in [5.41, 5.74) is 1.52. The maximum absolute atomic E-state index is 5.13. The largest absolute Gasteiger partial charge is 0.378 e. The fraction of sp³-hybridized carbons (Fsp3) is 0.364. The van der Waals surface area contributed by atoms with E-state index in [2.05, 4.69) is 36.3 Å². The van der Waals surface area contributed by atoms with Crippen molar-refractivity contribution in [3.63, 3.8) is 0 Å². The van der Waals surface area contributed by atoms with Crippen LogP contribution in [0, 0.1) is 0 Å². The molecule has 0 aromatic carbocycles. The number of halogens is 1. The van der Waals surface area contributed by atoms with Crippen molar-refractivity contribution >= 4 is 21.7 Å². The molecule has 0 spiro atoms. The Morgan fingerprint density at radius 3 is 2.78 bits per heavy atom. The second kappa shape index (κ2) is 5.45. The molecule has 0 radical (unpaired) electrons. The number of aromatic nitrogens is 4. The molecule has 2 heterocycles. The Bertz CT molecular complexity index is 554. The van der Waals surface area contributed by atoms with Gasteiger partial charge in [-0.15, -0.1) is 0 Å². The predicted molar refractivity (Wildman–Crippen MR) is 72.2 cm³/mol. The van der Waals surface area contributed by atoms with Crippen LogP contribution in [0.2, 0.25) is 0 Å². The van der Waals surface area contributed by atoms with Gasteiger partial charge in [0.1, 0.15) is 11.5 Å². The second-order valence-corrected chi connectivity index (χ2v) is 4.51. The predicted octanol–water partition coefficient (Wildman–Crippen LogP) is 1.83. The third-order valence-corrected chi connectivity index (χ3v) is 3.21. The zero-order valence-corrected chi connectivity index (χ0v) is 12.0. The van der Waals surface area contributed by atoms with E-state index in [0.29, 0.717) is 12.4 Å². The van der Waals surface area contributed by atoms with Crippen molar-refractivity contribution in [3.05, 3.63) is 22.4 Å². The molecule has 1 N–H and O–H groups in total. The molecule has 96 valence electrons. The molecule has 0 aliphatic heterocycles. The molecule has 0 aliphatic rings. The van der Waals surface area contributed by atoms with Gasteiger partial charge in [0.25, 0.3) is 0 Å². The number of anilines is 1. The van der Waals surface area contributed by atoms with Crippen LogP contribution in [0.3, 0.4) is 0 Å². The number of nitrogens with zero attached hydrogens (tertiary/aromatic N) is 4. The van der Waals surface area contributed by atoms with Gasteiger partial charge in [-0.3, -0.25) is 4.68 Å². The Balaban J connectivity index is 2.51. The van der Waals surface area contributed by atoms with Gasteiger partial charge in [0.05, 0.1) is 16.8 Å².